The molecular formula is C16H17ClN2O2. The number of H-pyrrole nitrogens is 1. The van der Waals surface area contributed by atoms with Crippen molar-refractivity contribution in [3.63, 3.8) is 0 Å². The summed E-state index contributed by atoms with van der Waals surface area (Å²) in [6.07, 6.45) is 1.71. The van der Waals surface area contributed by atoms with Gasteiger partial charge in [0.2, 0.25) is 5.91 Å². The highest BCUT2D eigenvalue weighted by Crippen LogP contribution is 2.32. The Morgan fingerprint density at radius 2 is 2.33 bits per heavy atom. The number of hydrogen-bond donors (Lipinski definition) is 1. The number of aromatic nitrogens is 1. The van der Waals surface area contributed by atoms with Crippen LogP contribution in [0.5, 0.6) is 0 Å². The fraction of sp³-hybridized carbons (Fsp3) is 0.438. The summed E-state index contributed by atoms with van der Waals surface area (Å²) >= 11 is 6.25. The third-order valence-corrected chi connectivity index (χ3v) is 4.87. The molecule has 110 valence electrons. The monoisotopic (exact) mass is 304 g/mol. The average molecular weight is 305 g/mol. The topological polar surface area (TPSA) is 45.3 Å². The molecule has 0 bridgehead atoms. The van der Waals surface area contributed by atoms with Crippen LogP contribution in [0.4, 0.5) is 0 Å². The van der Waals surface area contributed by atoms with E-state index in [1.165, 1.54) is 11.3 Å². The first-order chi connectivity index (χ1) is 10.2. The number of nitrogens with one attached hydrogen (secondary N) is 1. The molecule has 1 fully saturated rings. The van der Waals surface area contributed by atoms with Crippen LogP contribution in [0, 0.1) is 5.92 Å². The normalized spacial score (nSPS) is 21.8. The molecule has 3 heterocycles. The van der Waals surface area contributed by atoms with Gasteiger partial charge in [0, 0.05) is 42.8 Å². The summed E-state index contributed by atoms with van der Waals surface area (Å²) in [6, 6.07) is 5.93. The molecule has 4 rings (SSSR count). The molecule has 2 aliphatic heterocycles. The number of rotatable bonds is 1. The summed E-state index contributed by atoms with van der Waals surface area (Å²) in [4.78, 5) is 17.9. The van der Waals surface area contributed by atoms with Crippen molar-refractivity contribution >= 4 is 28.4 Å². The van der Waals surface area contributed by atoms with E-state index in [0.717, 1.165) is 35.3 Å². The van der Waals surface area contributed by atoms with Crippen molar-refractivity contribution in [2.24, 2.45) is 5.92 Å². The van der Waals surface area contributed by atoms with Gasteiger partial charge in [0.05, 0.1) is 23.1 Å². The summed E-state index contributed by atoms with van der Waals surface area (Å²) in [5.74, 6) is 0.273. The van der Waals surface area contributed by atoms with Crippen molar-refractivity contribution < 1.29 is 9.53 Å². The van der Waals surface area contributed by atoms with Crippen LogP contribution >= 0.6 is 11.6 Å². The van der Waals surface area contributed by atoms with Gasteiger partial charge in [-0.3, -0.25) is 4.79 Å². The first kappa shape index (κ1) is 13.2. The first-order valence-corrected chi connectivity index (χ1v) is 7.76. The minimum atomic E-state index is 0.0420. The number of benzene rings is 1. The molecular weight excluding hydrogens is 288 g/mol. The van der Waals surface area contributed by atoms with Crippen molar-refractivity contribution in [2.45, 2.75) is 19.4 Å². The van der Waals surface area contributed by atoms with Crippen molar-refractivity contribution in [2.75, 3.05) is 19.8 Å². The highest BCUT2D eigenvalue weighted by Gasteiger charge is 2.31. The summed E-state index contributed by atoms with van der Waals surface area (Å²) in [5, 5.41) is 1.88. The SMILES string of the molecule is O=C([C@H]1CCOC1)N1CCc2[nH]c3c(Cl)cccc3c2C1. The van der Waals surface area contributed by atoms with Crippen LogP contribution in [0.1, 0.15) is 17.7 Å². The van der Waals surface area contributed by atoms with Gasteiger partial charge in [0.25, 0.3) is 0 Å². The fourth-order valence-corrected chi connectivity index (χ4v) is 3.60. The minimum Gasteiger partial charge on any atom is -0.381 e. The lowest BCUT2D eigenvalue weighted by atomic mass is 10.0. The van der Waals surface area contributed by atoms with Crippen molar-refractivity contribution in [3.05, 3.63) is 34.5 Å². The van der Waals surface area contributed by atoms with E-state index in [4.69, 9.17) is 16.3 Å². The van der Waals surface area contributed by atoms with Gasteiger partial charge < -0.3 is 14.6 Å². The number of fused-ring (bicyclic) bond motifs is 3. The van der Waals surface area contributed by atoms with Crippen LogP contribution in [0.25, 0.3) is 10.9 Å². The molecule has 0 radical (unpaired) electrons. The average Bonchev–Trinajstić information content (AvgIpc) is 3.14. The minimum absolute atomic E-state index is 0.0420. The maximum absolute atomic E-state index is 12.5. The van der Waals surface area contributed by atoms with Crippen LogP contribution in [0.3, 0.4) is 0 Å². The molecule has 1 saturated heterocycles. The smallest absolute Gasteiger partial charge is 0.228 e. The molecule has 1 aromatic carbocycles. The number of nitrogens with zero attached hydrogens (tertiary/aromatic N) is 1. The van der Waals surface area contributed by atoms with E-state index in [1.54, 1.807) is 0 Å². The molecule has 0 unspecified atom stereocenters. The first-order valence-electron chi connectivity index (χ1n) is 7.38. The number of carbonyl (C=O) groups excluding carboxylic acids is 1. The van der Waals surface area contributed by atoms with Crippen LogP contribution in [0.15, 0.2) is 18.2 Å². The molecule has 0 aliphatic carbocycles. The van der Waals surface area contributed by atoms with Crippen molar-refractivity contribution in [1.82, 2.24) is 9.88 Å². The zero-order valence-corrected chi connectivity index (χ0v) is 12.4. The molecule has 21 heavy (non-hydrogen) atoms. The summed E-state index contributed by atoms with van der Waals surface area (Å²) in [6.45, 7) is 2.72. The Bertz CT molecular complexity index is 704. The second kappa shape index (κ2) is 5.04. The quantitative estimate of drug-likeness (QED) is 0.880. The van der Waals surface area contributed by atoms with Gasteiger partial charge in [-0.05, 0) is 12.5 Å². The largest absolute Gasteiger partial charge is 0.381 e. The Morgan fingerprint density at radius 3 is 3.14 bits per heavy atom. The van der Waals surface area contributed by atoms with Gasteiger partial charge in [-0.25, -0.2) is 0 Å². The Kier molecular flexibility index (Phi) is 3.16. The van der Waals surface area contributed by atoms with E-state index in [0.29, 0.717) is 19.8 Å². The molecule has 1 atom stereocenters. The second-order valence-corrected chi connectivity index (χ2v) is 6.22. The summed E-state index contributed by atoms with van der Waals surface area (Å²) < 4.78 is 5.34. The zero-order chi connectivity index (χ0) is 14.4. The maximum atomic E-state index is 12.5. The third-order valence-electron chi connectivity index (χ3n) is 4.55. The van der Waals surface area contributed by atoms with Crippen molar-refractivity contribution in [1.29, 1.82) is 0 Å². The highest BCUT2D eigenvalue weighted by atomic mass is 35.5. The fourth-order valence-electron chi connectivity index (χ4n) is 3.38. The van der Waals surface area contributed by atoms with Crippen molar-refractivity contribution in [3.8, 4) is 0 Å². The van der Waals surface area contributed by atoms with E-state index in [-0.39, 0.29) is 11.8 Å². The predicted molar refractivity (Wildman–Crippen MR) is 81.4 cm³/mol. The lowest BCUT2D eigenvalue weighted by molar-refractivity contribution is -0.136. The number of para-hydroxylation sites is 1. The molecule has 0 saturated carbocycles. The Labute approximate surface area is 128 Å². The molecule has 4 nitrogen and oxygen atoms in total. The number of hydrogen-bond acceptors (Lipinski definition) is 2. The van der Waals surface area contributed by atoms with E-state index in [1.807, 2.05) is 17.0 Å². The standard InChI is InChI=1S/C16H17ClN2O2/c17-13-3-1-2-11-12-8-19(6-4-14(12)18-15(11)13)16(20)10-5-7-21-9-10/h1-3,10,18H,4-9H2/t10-/m0/s1. The van der Waals surface area contributed by atoms with Gasteiger partial charge in [-0.1, -0.05) is 23.7 Å². The van der Waals surface area contributed by atoms with Crippen LogP contribution in [0.2, 0.25) is 5.02 Å². The molecule has 1 amide bonds. The van der Waals surface area contributed by atoms with Crippen LogP contribution < -0.4 is 0 Å². The number of carbonyl (C=O) groups is 1. The van der Waals surface area contributed by atoms with E-state index >= 15 is 0 Å². The summed E-state index contributed by atoms with van der Waals surface area (Å²) in [5.41, 5.74) is 3.42. The zero-order valence-electron chi connectivity index (χ0n) is 11.7. The van der Waals surface area contributed by atoms with Gasteiger partial charge in [-0.2, -0.15) is 0 Å². The Morgan fingerprint density at radius 1 is 1.43 bits per heavy atom. The van der Waals surface area contributed by atoms with Gasteiger partial charge in [0.1, 0.15) is 0 Å². The molecule has 2 aliphatic rings. The van der Waals surface area contributed by atoms with E-state index < -0.39 is 0 Å². The molecule has 0 spiro atoms. The maximum Gasteiger partial charge on any atom is 0.228 e. The highest BCUT2D eigenvalue weighted by molar-refractivity contribution is 6.35. The second-order valence-electron chi connectivity index (χ2n) is 5.81. The van der Waals surface area contributed by atoms with E-state index in [9.17, 15) is 4.79 Å². The number of aromatic amines is 1. The lowest BCUT2D eigenvalue weighted by Crippen LogP contribution is -2.39. The molecule has 1 N–H and O–H groups in total. The molecule has 1 aromatic heterocycles. The Balaban J connectivity index is 1.66. The summed E-state index contributed by atoms with van der Waals surface area (Å²) in [7, 11) is 0. The molecule has 2 aromatic rings. The van der Waals surface area contributed by atoms with Gasteiger partial charge >= 0.3 is 0 Å². The number of amides is 1. The number of halogens is 1. The van der Waals surface area contributed by atoms with Crippen LogP contribution in [-0.4, -0.2) is 35.5 Å². The number of ether oxygens (including phenoxy) is 1. The molecule has 5 heteroatoms. The van der Waals surface area contributed by atoms with Gasteiger partial charge in [0.15, 0.2) is 0 Å². The predicted octanol–water partition coefficient (Wildman–Crippen LogP) is 2.74. The van der Waals surface area contributed by atoms with Gasteiger partial charge in [-0.15, -0.1) is 0 Å². The van der Waals surface area contributed by atoms with Crippen LogP contribution in [-0.2, 0) is 22.5 Å². The lowest BCUT2D eigenvalue weighted by Gasteiger charge is -2.29. The van der Waals surface area contributed by atoms with E-state index in [2.05, 4.69) is 11.1 Å². The Hall–Kier alpha value is -1.52. The third kappa shape index (κ3) is 2.14.